The second-order valence-electron chi connectivity index (χ2n) is 3.28. The van der Waals surface area contributed by atoms with Crippen LogP contribution in [0.3, 0.4) is 0 Å². The van der Waals surface area contributed by atoms with Crippen molar-refractivity contribution < 1.29 is 28.6 Å². The zero-order chi connectivity index (χ0) is 13.0. The highest BCUT2D eigenvalue weighted by molar-refractivity contribution is 9.09. The van der Waals surface area contributed by atoms with Crippen LogP contribution in [0.15, 0.2) is 11.8 Å². The third-order valence-electron chi connectivity index (χ3n) is 1.79. The number of carbonyl (C=O) groups is 3. The molecule has 1 heterocycles. The Morgan fingerprint density at radius 1 is 1.41 bits per heavy atom. The highest BCUT2D eigenvalue weighted by Crippen LogP contribution is 2.21. The van der Waals surface area contributed by atoms with Crippen LogP contribution in [0.1, 0.15) is 13.8 Å². The van der Waals surface area contributed by atoms with Gasteiger partial charge in [0, 0.05) is 13.8 Å². The summed E-state index contributed by atoms with van der Waals surface area (Å²) in [6.07, 6.45) is 0.681. The molecule has 0 radical (unpaired) electrons. The van der Waals surface area contributed by atoms with Gasteiger partial charge in [0.2, 0.25) is 5.78 Å². The van der Waals surface area contributed by atoms with Crippen LogP contribution in [0.2, 0.25) is 0 Å². The number of rotatable bonds is 3. The molecule has 7 heteroatoms. The Bertz CT molecular complexity index is 375. The fourth-order valence-corrected chi connectivity index (χ4v) is 1.65. The van der Waals surface area contributed by atoms with Gasteiger partial charge in [-0.2, -0.15) is 0 Å². The summed E-state index contributed by atoms with van der Waals surface area (Å²) >= 11 is 2.99. The lowest BCUT2D eigenvalue weighted by molar-refractivity contribution is -0.149. The first-order valence-electron chi connectivity index (χ1n) is 4.77. The highest BCUT2D eigenvalue weighted by atomic mass is 79.9. The van der Waals surface area contributed by atoms with Crippen LogP contribution in [-0.2, 0) is 28.6 Å². The van der Waals surface area contributed by atoms with Crippen LogP contribution in [-0.4, -0.2) is 35.4 Å². The molecule has 0 fully saturated rings. The molecule has 1 aliphatic heterocycles. The SMILES string of the molecule is CC(=O)OC[C@@H]1C=C(OC(C)=O)C(=O)[C@@H](Br)O1. The van der Waals surface area contributed by atoms with Crippen molar-refractivity contribution in [2.24, 2.45) is 0 Å². The normalized spacial score (nSPS) is 23.9. The third kappa shape index (κ3) is 4.27. The molecule has 0 amide bonds. The number of Topliss-reactive ketones (excluding diaryl/α,β-unsaturated/α-hetero) is 1. The predicted molar refractivity (Wildman–Crippen MR) is 59.1 cm³/mol. The molecule has 0 unspecified atom stereocenters. The average Bonchev–Trinajstić information content (AvgIpc) is 2.21. The second-order valence-corrected chi connectivity index (χ2v) is 4.11. The molecule has 0 aliphatic carbocycles. The van der Waals surface area contributed by atoms with Crippen molar-refractivity contribution in [1.82, 2.24) is 0 Å². The zero-order valence-electron chi connectivity index (χ0n) is 9.27. The van der Waals surface area contributed by atoms with E-state index < -0.39 is 28.8 Å². The number of ether oxygens (including phenoxy) is 3. The van der Waals surface area contributed by atoms with Gasteiger partial charge in [0.1, 0.15) is 12.7 Å². The van der Waals surface area contributed by atoms with E-state index >= 15 is 0 Å². The van der Waals surface area contributed by atoms with Crippen LogP contribution < -0.4 is 0 Å². The van der Waals surface area contributed by atoms with Gasteiger partial charge < -0.3 is 14.2 Å². The van der Waals surface area contributed by atoms with Gasteiger partial charge in [-0.05, 0) is 22.0 Å². The Morgan fingerprint density at radius 2 is 2.06 bits per heavy atom. The average molecular weight is 307 g/mol. The molecule has 0 aromatic heterocycles. The summed E-state index contributed by atoms with van der Waals surface area (Å²) in [6.45, 7) is 2.40. The number of ketones is 1. The van der Waals surface area contributed by atoms with E-state index in [0.29, 0.717) is 0 Å². The summed E-state index contributed by atoms with van der Waals surface area (Å²) in [7, 11) is 0. The van der Waals surface area contributed by atoms with Crippen molar-refractivity contribution in [1.29, 1.82) is 0 Å². The van der Waals surface area contributed by atoms with E-state index in [0.717, 1.165) is 0 Å². The van der Waals surface area contributed by atoms with Crippen molar-refractivity contribution in [3.63, 3.8) is 0 Å². The fraction of sp³-hybridized carbons (Fsp3) is 0.500. The van der Waals surface area contributed by atoms with Crippen LogP contribution in [0.5, 0.6) is 0 Å². The Morgan fingerprint density at radius 3 is 2.59 bits per heavy atom. The van der Waals surface area contributed by atoms with Crippen molar-refractivity contribution in [2.75, 3.05) is 6.61 Å². The summed E-state index contributed by atoms with van der Waals surface area (Å²) in [4.78, 5) is 32.9. The minimum Gasteiger partial charge on any atom is -0.463 e. The molecule has 0 saturated heterocycles. The maximum absolute atomic E-state index is 11.5. The first-order valence-corrected chi connectivity index (χ1v) is 5.69. The third-order valence-corrected chi connectivity index (χ3v) is 2.42. The predicted octanol–water partition coefficient (Wildman–Crippen LogP) is 0.685. The van der Waals surface area contributed by atoms with Gasteiger partial charge in [0.15, 0.2) is 10.8 Å². The Balaban J connectivity index is 2.73. The monoisotopic (exact) mass is 306 g/mol. The summed E-state index contributed by atoms with van der Waals surface area (Å²) in [5.41, 5.74) is 0. The van der Waals surface area contributed by atoms with E-state index in [2.05, 4.69) is 15.9 Å². The summed E-state index contributed by atoms with van der Waals surface area (Å²) < 4.78 is 14.7. The van der Waals surface area contributed by atoms with Crippen molar-refractivity contribution in [3.05, 3.63) is 11.8 Å². The summed E-state index contributed by atoms with van der Waals surface area (Å²) in [6, 6.07) is 0. The quantitative estimate of drug-likeness (QED) is 0.564. The number of alkyl halides is 1. The van der Waals surface area contributed by atoms with Crippen LogP contribution in [0, 0.1) is 0 Å². The molecule has 0 aromatic rings. The molecule has 2 atom stereocenters. The number of hydrogen-bond acceptors (Lipinski definition) is 6. The largest absolute Gasteiger partial charge is 0.463 e. The standard InChI is InChI=1S/C10H11BrO6/c1-5(12)15-4-7-3-8(16-6(2)13)9(14)10(11)17-7/h3,7,10H,4H2,1-2H3/t7-,10-/m0/s1. The van der Waals surface area contributed by atoms with E-state index in [1.807, 2.05) is 0 Å². The van der Waals surface area contributed by atoms with Gasteiger partial charge in [0.05, 0.1) is 0 Å². The number of carbonyl (C=O) groups excluding carboxylic acids is 3. The van der Waals surface area contributed by atoms with Gasteiger partial charge >= 0.3 is 11.9 Å². The zero-order valence-corrected chi connectivity index (χ0v) is 10.9. The van der Waals surface area contributed by atoms with E-state index in [4.69, 9.17) is 14.2 Å². The second kappa shape index (κ2) is 5.92. The van der Waals surface area contributed by atoms with Crippen molar-refractivity contribution in [3.8, 4) is 0 Å². The van der Waals surface area contributed by atoms with Crippen molar-refractivity contribution in [2.45, 2.75) is 25.0 Å². The van der Waals surface area contributed by atoms with Gasteiger partial charge in [-0.25, -0.2) is 0 Å². The first kappa shape index (κ1) is 13.9. The van der Waals surface area contributed by atoms with Gasteiger partial charge in [-0.3, -0.25) is 14.4 Å². The Labute approximate surface area is 106 Å². The summed E-state index contributed by atoms with van der Waals surface area (Å²) in [5, 5.41) is -0.914. The topological polar surface area (TPSA) is 78.9 Å². The maximum Gasteiger partial charge on any atom is 0.308 e. The van der Waals surface area contributed by atoms with E-state index in [1.54, 1.807) is 0 Å². The fourth-order valence-electron chi connectivity index (χ4n) is 1.14. The van der Waals surface area contributed by atoms with Gasteiger partial charge in [0.25, 0.3) is 0 Å². The molecule has 0 aromatic carbocycles. The van der Waals surface area contributed by atoms with Gasteiger partial charge in [-0.15, -0.1) is 0 Å². The molecule has 0 N–H and O–H groups in total. The van der Waals surface area contributed by atoms with E-state index in [-0.39, 0.29) is 12.4 Å². The van der Waals surface area contributed by atoms with Crippen LogP contribution in [0.25, 0.3) is 0 Å². The minimum absolute atomic E-state index is 0.0462. The van der Waals surface area contributed by atoms with Gasteiger partial charge in [-0.1, -0.05) is 0 Å². The molecule has 0 bridgehead atoms. The molecule has 1 rings (SSSR count). The molecule has 6 nitrogen and oxygen atoms in total. The molecular weight excluding hydrogens is 296 g/mol. The molecule has 17 heavy (non-hydrogen) atoms. The smallest absolute Gasteiger partial charge is 0.308 e. The minimum atomic E-state index is -0.914. The first-order chi connectivity index (χ1) is 7.90. The lowest BCUT2D eigenvalue weighted by Gasteiger charge is -2.23. The number of hydrogen-bond donors (Lipinski definition) is 0. The Kier molecular flexibility index (Phi) is 4.83. The van der Waals surface area contributed by atoms with Crippen LogP contribution >= 0.6 is 15.9 Å². The van der Waals surface area contributed by atoms with E-state index in [9.17, 15) is 14.4 Å². The summed E-state index contributed by atoms with van der Waals surface area (Å²) in [5.74, 6) is -1.65. The maximum atomic E-state index is 11.5. The van der Waals surface area contributed by atoms with Crippen molar-refractivity contribution >= 4 is 33.7 Å². The number of esters is 2. The number of halogens is 1. The Hall–Kier alpha value is -1.21. The molecule has 0 saturated carbocycles. The highest BCUT2D eigenvalue weighted by Gasteiger charge is 2.31. The molecule has 94 valence electrons. The van der Waals surface area contributed by atoms with Crippen LogP contribution in [0.4, 0.5) is 0 Å². The molecule has 0 spiro atoms. The van der Waals surface area contributed by atoms with E-state index in [1.165, 1.54) is 19.9 Å². The molecular formula is C10H11BrO6. The molecule has 1 aliphatic rings. The lowest BCUT2D eigenvalue weighted by atomic mass is 10.2. The lowest BCUT2D eigenvalue weighted by Crippen LogP contribution is -2.34.